The molecule has 0 bridgehead atoms. The molecule has 1 aliphatic rings. The highest BCUT2D eigenvalue weighted by Gasteiger charge is 2.40. The number of carbonyl (C=O) groups excluding carboxylic acids is 1. The molecule has 1 aromatic heterocycles. The first kappa shape index (κ1) is 17.2. The summed E-state index contributed by atoms with van der Waals surface area (Å²) in [7, 11) is 0. The lowest BCUT2D eigenvalue weighted by molar-refractivity contribution is -0.154. The van der Waals surface area contributed by atoms with Gasteiger partial charge in [-0.3, -0.25) is 14.6 Å². The van der Waals surface area contributed by atoms with Crippen molar-refractivity contribution in [3.05, 3.63) is 29.6 Å². The van der Waals surface area contributed by atoms with Crippen LogP contribution in [0.25, 0.3) is 0 Å². The summed E-state index contributed by atoms with van der Waals surface area (Å²) >= 11 is 0. The van der Waals surface area contributed by atoms with Gasteiger partial charge in [0.1, 0.15) is 5.69 Å². The number of aromatic nitrogens is 1. The van der Waals surface area contributed by atoms with Crippen LogP contribution in [0.2, 0.25) is 0 Å². The molecule has 23 heavy (non-hydrogen) atoms. The highest BCUT2D eigenvalue weighted by molar-refractivity contribution is 5.92. The molecule has 9 heteroatoms. The minimum Gasteiger partial charge on any atom is -0.481 e. The molecule has 0 unspecified atom stereocenters. The fraction of sp³-hybridized carbons (Fsp3) is 0.500. The average molecular weight is 332 g/mol. The molecule has 0 atom stereocenters. The van der Waals surface area contributed by atoms with Crippen LogP contribution in [0.1, 0.15) is 28.9 Å². The molecule has 0 aliphatic carbocycles. The number of nitrogens with one attached hydrogen (secondary N) is 1. The fourth-order valence-electron chi connectivity index (χ4n) is 2.26. The molecule has 2 heterocycles. The van der Waals surface area contributed by atoms with Crippen LogP contribution in [0.3, 0.4) is 0 Å². The van der Waals surface area contributed by atoms with Gasteiger partial charge in [0, 0.05) is 26.0 Å². The van der Waals surface area contributed by atoms with Crippen LogP contribution >= 0.6 is 0 Å². The number of hydrogen-bond acceptors (Lipinski definition) is 4. The summed E-state index contributed by atoms with van der Waals surface area (Å²) in [6, 6.07) is 1.71. The molecule has 1 saturated heterocycles. The molecule has 2 rings (SSSR count). The van der Waals surface area contributed by atoms with E-state index in [-0.39, 0.29) is 38.3 Å². The van der Waals surface area contributed by atoms with Crippen LogP contribution in [-0.2, 0) is 15.7 Å². The molecule has 0 saturated carbocycles. The number of halogens is 3. The Morgan fingerprint density at radius 1 is 1.30 bits per heavy atom. The first-order valence-electron chi connectivity index (χ1n) is 6.87. The van der Waals surface area contributed by atoms with Gasteiger partial charge in [0.05, 0.1) is 11.0 Å². The molecule has 1 aliphatic heterocycles. The Kier molecular flexibility index (Phi) is 4.88. The third-order valence-electron chi connectivity index (χ3n) is 3.81. The second-order valence-electron chi connectivity index (χ2n) is 5.31. The summed E-state index contributed by atoms with van der Waals surface area (Å²) in [6.45, 7) is 0.425. The molecule has 0 aromatic carbocycles. The Balaban J connectivity index is 2.02. The van der Waals surface area contributed by atoms with Crippen LogP contribution < -0.4 is 5.32 Å². The van der Waals surface area contributed by atoms with Crippen molar-refractivity contribution in [1.82, 2.24) is 10.3 Å². The maximum absolute atomic E-state index is 12.4. The smallest absolute Gasteiger partial charge is 0.417 e. The largest absolute Gasteiger partial charge is 0.481 e. The van der Waals surface area contributed by atoms with Crippen molar-refractivity contribution >= 4 is 11.9 Å². The van der Waals surface area contributed by atoms with Gasteiger partial charge >= 0.3 is 12.1 Å². The summed E-state index contributed by atoms with van der Waals surface area (Å²) in [4.78, 5) is 26.8. The second kappa shape index (κ2) is 6.53. The van der Waals surface area contributed by atoms with E-state index >= 15 is 0 Å². The Labute approximate surface area is 129 Å². The minimum absolute atomic E-state index is 0.132. The van der Waals surface area contributed by atoms with Gasteiger partial charge in [0.25, 0.3) is 5.91 Å². The number of carboxylic acid groups (broad SMARTS) is 1. The fourth-order valence-corrected chi connectivity index (χ4v) is 2.26. The maximum atomic E-state index is 12.4. The van der Waals surface area contributed by atoms with Gasteiger partial charge in [-0.1, -0.05) is 0 Å². The van der Waals surface area contributed by atoms with Crippen molar-refractivity contribution in [2.75, 3.05) is 19.8 Å². The number of amides is 1. The lowest BCUT2D eigenvalue weighted by Crippen LogP contribution is -2.46. The molecule has 126 valence electrons. The highest BCUT2D eigenvalue weighted by Crippen LogP contribution is 2.30. The Bertz CT molecular complexity index is 581. The molecule has 6 nitrogen and oxygen atoms in total. The van der Waals surface area contributed by atoms with Gasteiger partial charge in [-0.05, 0) is 25.0 Å². The number of carbonyl (C=O) groups is 2. The number of alkyl halides is 3. The topological polar surface area (TPSA) is 88.5 Å². The first-order chi connectivity index (χ1) is 10.7. The van der Waals surface area contributed by atoms with Crippen LogP contribution in [0.4, 0.5) is 13.2 Å². The molecular formula is C14H15F3N2O4. The third-order valence-corrected chi connectivity index (χ3v) is 3.81. The number of carboxylic acids is 1. The van der Waals surface area contributed by atoms with E-state index in [0.29, 0.717) is 6.20 Å². The van der Waals surface area contributed by atoms with E-state index in [1.165, 1.54) is 0 Å². The van der Waals surface area contributed by atoms with Crippen LogP contribution in [0.15, 0.2) is 18.3 Å². The van der Waals surface area contributed by atoms with E-state index in [1.54, 1.807) is 0 Å². The summed E-state index contributed by atoms with van der Waals surface area (Å²) in [5, 5.41) is 11.8. The molecule has 2 N–H and O–H groups in total. The van der Waals surface area contributed by atoms with E-state index < -0.39 is 29.0 Å². The third kappa shape index (κ3) is 3.98. The lowest BCUT2D eigenvalue weighted by Gasteiger charge is -2.33. The predicted octanol–water partition coefficient (Wildman–Crippen LogP) is 1.71. The Morgan fingerprint density at radius 3 is 2.43 bits per heavy atom. The zero-order chi connectivity index (χ0) is 17.1. The zero-order valence-corrected chi connectivity index (χ0v) is 12.0. The van der Waals surface area contributed by atoms with Crippen LogP contribution in [0, 0.1) is 5.41 Å². The van der Waals surface area contributed by atoms with E-state index in [0.717, 1.165) is 12.1 Å². The Hall–Kier alpha value is -2.16. The van der Waals surface area contributed by atoms with E-state index in [2.05, 4.69) is 10.3 Å². The number of ether oxygens (including phenoxy) is 1. The van der Waals surface area contributed by atoms with Gasteiger partial charge in [-0.25, -0.2) is 0 Å². The molecular weight excluding hydrogens is 317 g/mol. The van der Waals surface area contributed by atoms with Crippen molar-refractivity contribution in [3.63, 3.8) is 0 Å². The van der Waals surface area contributed by atoms with Gasteiger partial charge < -0.3 is 15.2 Å². The number of rotatable bonds is 4. The van der Waals surface area contributed by atoms with Crippen molar-refractivity contribution in [2.24, 2.45) is 5.41 Å². The first-order valence-corrected chi connectivity index (χ1v) is 6.87. The standard InChI is InChI=1S/C14H15F3N2O4/c15-14(16,17)9-1-2-10(18-7-9)11(20)19-8-13(12(21)22)3-5-23-6-4-13/h1-2,7H,3-6,8H2,(H,19,20)(H,21,22). The van der Waals surface area contributed by atoms with Gasteiger partial charge in [0.2, 0.25) is 0 Å². The second-order valence-corrected chi connectivity index (χ2v) is 5.31. The SMILES string of the molecule is O=C(NCC1(C(=O)O)CCOCC1)c1ccc(C(F)(F)F)cn1. The average Bonchev–Trinajstić information content (AvgIpc) is 2.52. The quantitative estimate of drug-likeness (QED) is 0.876. The molecule has 1 fully saturated rings. The maximum Gasteiger partial charge on any atom is 0.417 e. The van der Waals surface area contributed by atoms with E-state index in [9.17, 15) is 27.9 Å². The summed E-state index contributed by atoms with van der Waals surface area (Å²) in [6.07, 6.45) is -3.46. The summed E-state index contributed by atoms with van der Waals surface area (Å²) < 4.78 is 42.4. The van der Waals surface area contributed by atoms with Crippen LogP contribution in [0.5, 0.6) is 0 Å². The van der Waals surface area contributed by atoms with Crippen LogP contribution in [-0.4, -0.2) is 41.7 Å². The lowest BCUT2D eigenvalue weighted by atomic mass is 9.80. The summed E-state index contributed by atoms with van der Waals surface area (Å²) in [5.74, 6) is -1.76. The predicted molar refractivity (Wildman–Crippen MR) is 71.7 cm³/mol. The minimum atomic E-state index is -4.53. The number of hydrogen-bond donors (Lipinski definition) is 2. The Morgan fingerprint density at radius 2 is 1.96 bits per heavy atom. The van der Waals surface area contributed by atoms with Gasteiger partial charge in [-0.15, -0.1) is 0 Å². The van der Waals surface area contributed by atoms with Gasteiger partial charge in [-0.2, -0.15) is 13.2 Å². The summed E-state index contributed by atoms with van der Waals surface area (Å²) in [5.41, 5.74) is -2.29. The monoisotopic (exact) mass is 332 g/mol. The molecule has 1 aromatic rings. The van der Waals surface area contributed by atoms with Crippen molar-refractivity contribution in [2.45, 2.75) is 19.0 Å². The number of pyridine rings is 1. The van der Waals surface area contributed by atoms with E-state index in [4.69, 9.17) is 4.74 Å². The van der Waals surface area contributed by atoms with Crippen molar-refractivity contribution < 1.29 is 32.6 Å². The molecule has 1 amide bonds. The zero-order valence-electron chi connectivity index (χ0n) is 12.0. The van der Waals surface area contributed by atoms with E-state index in [1.807, 2.05) is 0 Å². The number of aliphatic carboxylic acids is 1. The van der Waals surface area contributed by atoms with Crippen molar-refractivity contribution in [3.8, 4) is 0 Å². The molecule has 0 radical (unpaired) electrons. The normalized spacial score (nSPS) is 17.5. The van der Waals surface area contributed by atoms with Crippen molar-refractivity contribution in [1.29, 1.82) is 0 Å². The van der Waals surface area contributed by atoms with Gasteiger partial charge in [0.15, 0.2) is 0 Å². The molecule has 0 spiro atoms. The number of nitrogens with zero attached hydrogens (tertiary/aromatic N) is 1. The highest BCUT2D eigenvalue weighted by atomic mass is 19.4.